The van der Waals surface area contributed by atoms with Crippen molar-refractivity contribution in [1.82, 2.24) is 10.4 Å². The first-order valence-electron chi connectivity index (χ1n) is 10.1. The predicted octanol–water partition coefficient (Wildman–Crippen LogP) is 4.99. The van der Waals surface area contributed by atoms with Gasteiger partial charge in [-0.25, -0.2) is 4.98 Å². The molecule has 3 aromatic rings. The molecule has 6 nitrogen and oxygen atoms in total. The first-order valence-corrected chi connectivity index (χ1v) is 11.3. The van der Waals surface area contributed by atoms with Crippen LogP contribution >= 0.6 is 23.6 Å². The summed E-state index contributed by atoms with van der Waals surface area (Å²) in [7, 11) is 0. The van der Waals surface area contributed by atoms with Gasteiger partial charge in [-0.05, 0) is 30.4 Å². The van der Waals surface area contributed by atoms with E-state index in [0.717, 1.165) is 46.5 Å². The minimum absolute atomic E-state index is 0.0738. The molecule has 1 aliphatic heterocycles. The number of thiocarbonyl (C=S) groups is 1. The van der Waals surface area contributed by atoms with Crippen LogP contribution in [0.15, 0.2) is 59.7 Å². The number of ether oxygens (including phenoxy) is 1. The number of nitrogens with zero attached hydrogens (tertiary/aromatic N) is 3. The van der Waals surface area contributed by atoms with E-state index in [2.05, 4.69) is 20.7 Å². The summed E-state index contributed by atoms with van der Waals surface area (Å²) >= 11 is 6.67. The predicted molar refractivity (Wildman–Crippen MR) is 129 cm³/mol. The van der Waals surface area contributed by atoms with Crippen LogP contribution in [0.5, 0.6) is 0 Å². The van der Waals surface area contributed by atoms with Gasteiger partial charge in [-0.2, -0.15) is 18.3 Å². The minimum atomic E-state index is -4.43. The highest BCUT2D eigenvalue weighted by Gasteiger charge is 2.30. The van der Waals surface area contributed by atoms with E-state index in [0.29, 0.717) is 13.2 Å². The summed E-state index contributed by atoms with van der Waals surface area (Å²) in [6.07, 6.45) is -2.81. The lowest BCUT2D eigenvalue weighted by molar-refractivity contribution is -0.137. The molecule has 0 aliphatic carbocycles. The highest BCUT2D eigenvalue weighted by Crippen LogP contribution is 2.33. The second-order valence-corrected chi connectivity index (χ2v) is 8.49. The summed E-state index contributed by atoms with van der Waals surface area (Å²) in [6, 6.07) is 14.6. The Hall–Kier alpha value is -3.02. The van der Waals surface area contributed by atoms with Crippen molar-refractivity contribution < 1.29 is 17.9 Å². The zero-order chi connectivity index (χ0) is 23.3. The topological polar surface area (TPSA) is 61.8 Å². The molecule has 1 aromatic heterocycles. The molecule has 0 saturated carbocycles. The van der Waals surface area contributed by atoms with Crippen LogP contribution in [0.25, 0.3) is 11.3 Å². The Morgan fingerprint density at radius 1 is 1.12 bits per heavy atom. The van der Waals surface area contributed by atoms with Crippen molar-refractivity contribution in [3.8, 4) is 11.3 Å². The largest absolute Gasteiger partial charge is 0.416 e. The van der Waals surface area contributed by atoms with E-state index in [1.165, 1.54) is 23.5 Å². The molecule has 4 rings (SSSR count). The zero-order valence-corrected chi connectivity index (χ0v) is 18.9. The fourth-order valence-electron chi connectivity index (χ4n) is 3.18. The number of benzene rings is 2. The Balaban J connectivity index is 1.48. The molecular weight excluding hydrogens is 471 g/mol. The number of rotatable bonds is 5. The third-order valence-corrected chi connectivity index (χ3v) is 6.01. The fourth-order valence-corrected chi connectivity index (χ4v) is 4.36. The molecule has 2 N–H and O–H groups in total. The minimum Gasteiger partial charge on any atom is -0.378 e. The summed E-state index contributed by atoms with van der Waals surface area (Å²) in [5.74, 6) is 0. The van der Waals surface area contributed by atoms with Crippen molar-refractivity contribution in [2.75, 3.05) is 36.5 Å². The van der Waals surface area contributed by atoms with Crippen LogP contribution in [0.4, 0.5) is 24.0 Å². The molecule has 172 valence electrons. The van der Waals surface area contributed by atoms with Gasteiger partial charge < -0.3 is 15.0 Å². The number of thiazole rings is 1. The third kappa shape index (κ3) is 6.06. The number of morpholine rings is 1. The van der Waals surface area contributed by atoms with E-state index in [1.807, 2.05) is 30.3 Å². The van der Waals surface area contributed by atoms with Gasteiger partial charge in [0.25, 0.3) is 0 Å². The number of nitrogens with one attached hydrogen (secondary N) is 2. The maximum atomic E-state index is 12.9. The molecule has 1 saturated heterocycles. The number of hydrogen-bond donors (Lipinski definition) is 2. The standard InChI is InChI=1S/C22H20F3N5OS2/c23-22(24,25)16-7-4-8-17(13-16)27-20(32)29-26-14-18-19(15-5-2-1-3-6-15)28-21(33-18)30-9-11-31-12-10-30/h1-8,13-14H,9-12H2,(H2,27,29,32)/b26-14+. The molecule has 0 unspecified atom stereocenters. The lowest BCUT2D eigenvalue weighted by atomic mass is 10.1. The van der Waals surface area contributed by atoms with Crippen LogP contribution in [-0.2, 0) is 10.9 Å². The average Bonchev–Trinajstić information content (AvgIpc) is 3.24. The van der Waals surface area contributed by atoms with Crippen LogP contribution in [0, 0.1) is 0 Å². The highest BCUT2D eigenvalue weighted by molar-refractivity contribution is 7.80. The second kappa shape index (κ2) is 10.3. The van der Waals surface area contributed by atoms with Crippen molar-refractivity contribution in [2.24, 2.45) is 5.10 Å². The molecule has 0 atom stereocenters. The summed E-state index contributed by atoms with van der Waals surface area (Å²) in [5, 5.41) is 7.85. The zero-order valence-electron chi connectivity index (χ0n) is 17.3. The molecule has 0 amide bonds. The Labute approximate surface area is 198 Å². The maximum Gasteiger partial charge on any atom is 0.416 e. The fraction of sp³-hybridized carbons (Fsp3) is 0.227. The van der Waals surface area contributed by atoms with Gasteiger partial charge in [0.1, 0.15) is 0 Å². The van der Waals surface area contributed by atoms with Crippen molar-refractivity contribution in [3.05, 3.63) is 65.0 Å². The van der Waals surface area contributed by atoms with Gasteiger partial charge in [0.15, 0.2) is 10.2 Å². The molecule has 0 spiro atoms. The number of alkyl halides is 3. The van der Waals surface area contributed by atoms with E-state index in [-0.39, 0.29) is 10.8 Å². The monoisotopic (exact) mass is 491 g/mol. The van der Waals surface area contributed by atoms with Crippen LogP contribution in [0.3, 0.4) is 0 Å². The smallest absolute Gasteiger partial charge is 0.378 e. The average molecular weight is 492 g/mol. The van der Waals surface area contributed by atoms with E-state index in [4.69, 9.17) is 21.9 Å². The van der Waals surface area contributed by atoms with Crippen molar-refractivity contribution in [1.29, 1.82) is 0 Å². The third-order valence-electron chi connectivity index (χ3n) is 4.77. The molecule has 0 radical (unpaired) electrons. The van der Waals surface area contributed by atoms with Gasteiger partial charge in [-0.1, -0.05) is 47.7 Å². The van der Waals surface area contributed by atoms with Crippen molar-refractivity contribution in [3.63, 3.8) is 0 Å². The molecule has 11 heteroatoms. The molecule has 1 aliphatic rings. The number of anilines is 2. The van der Waals surface area contributed by atoms with Crippen LogP contribution in [0.2, 0.25) is 0 Å². The van der Waals surface area contributed by atoms with Crippen molar-refractivity contribution in [2.45, 2.75) is 6.18 Å². The van der Waals surface area contributed by atoms with E-state index >= 15 is 0 Å². The highest BCUT2D eigenvalue weighted by atomic mass is 32.1. The first kappa shape index (κ1) is 23.1. The van der Waals surface area contributed by atoms with Gasteiger partial charge in [-0.15, -0.1) is 0 Å². The molecule has 2 aromatic carbocycles. The Morgan fingerprint density at radius 2 is 1.88 bits per heavy atom. The van der Waals surface area contributed by atoms with Crippen LogP contribution in [0.1, 0.15) is 10.4 Å². The molecule has 0 bridgehead atoms. The SMILES string of the molecule is FC(F)(F)c1cccc(NC(=S)N/N=C/c2sc(N3CCOCC3)nc2-c2ccccc2)c1. The molecular formula is C22H20F3N5OS2. The number of halogens is 3. The summed E-state index contributed by atoms with van der Waals surface area (Å²) < 4.78 is 44.1. The van der Waals surface area contributed by atoms with Gasteiger partial charge in [-0.3, -0.25) is 5.43 Å². The Kier molecular flexibility index (Phi) is 7.21. The first-order chi connectivity index (χ1) is 15.9. The molecule has 33 heavy (non-hydrogen) atoms. The quantitative estimate of drug-likeness (QED) is 0.298. The maximum absolute atomic E-state index is 12.9. The Bertz CT molecular complexity index is 1130. The van der Waals surface area contributed by atoms with Gasteiger partial charge in [0, 0.05) is 24.3 Å². The summed E-state index contributed by atoms with van der Waals surface area (Å²) in [5.41, 5.74) is 3.87. The van der Waals surface area contributed by atoms with E-state index in [1.54, 1.807) is 6.21 Å². The summed E-state index contributed by atoms with van der Waals surface area (Å²) in [6.45, 7) is 2.84. The number of hydrogen-bond acceptors (Lipinski definition) is 6. The van der Waals surface area contributed by atoms with E-state index < -0.39 is 11.7 Å². The van der Waals surface area contributed by atoms with Crippen LogP contribution in [-0.4, -0.2) is 42.6 Å². The normalized spacial score (nSPS) is 14.5. The summed E-state index contributed by atoms with van der Waals surface area (Å²) in [4.78, 5) is 7.82. The number of hydrazone groups is 1. The van der Waals surface area contributed by atoms with Crippen LogP contribution < -0.4 is 15.6 Å². The van der Waals surface area contributed by atoms with Gasteiger partial charge in [0.2, 0.25) is 0 Å². The van der Waals surface area contributed by atoms with E-state index in [9.17, 15) is 13.2 Å². The number of aromatic nitrogens is 1. The van der Waals surface area contributed by atoms with Crippen molar-refractivity contribution >= 4 is 45.7 Å². The molecule has 1 fully saturated rings. The second-order valence-electron chi connectivity index (χ2n) is 7.08. The molecule has 2 heterocycles. The lowest BCUT2D eigenvalue weighted by Gasteiger charge is -2.26. The Morgan fingerprint density at radius 3 is 2.61 bits per heavy atom. The lowest BCUT2D eigenvalue weighted by Crippen LogP contribution is -2.36. The van der Waals surface area contributed by atoms with Gasteiger partial charge >= 0.3 is 6.18 Å². The van der Waals surface area contributed by atoms with Gasteiger partial charge in [0.05, 0.1) is 35.6 Å².